The summed E-state index contributed by atoms with van der Waals surface area (Å²) in [5, 5.41) is 7.96. The molecule has 1 saturated heterocycles. The molecule has 114 valence electrons. The highest BCUT2D eigenvalue weighted by Gasteiger charge is 2.17. The smallest absolute Gasteiger partial charge is 0.226 e. The Labute approximate surface area is 129 Å². The molecule has 0 bridgehead atoms. The van der Waals surface area contributed by atoms with E-state index in [9.17, 15) is 0 Å². The molecule has 0 aromatic carbocycles. The van der Waals surface area contributed by atoms with E-state index in [2.05, 4.69) is 40.5 Å². The molecule has 1 aliphatic heterocycles. The van der Waals surface area contributed by atoms with Crippen molar-refractivity contribution in [2.24, 2.45) is 0 Å². The van der Waals surface area contributed by atoms with Crippen LogP contribution in [0.4, 0.5) is 11.8 Å². The second-order valence-electron chi connectivity index (χ2n) is 5.24. The molecular formula is C15H22N4OS. The number of thiophene rings is 1. The third kappa shape index (κ3) is 3.27. The Bertz CT molecular complexity index is 607. The van der Waals surface area contributed by atoms with E-state index in [1.807, 2.05) is 0 Å². The minimum atomic E-state index is 0.441. The van der Waals surface area contributed by atoms with Gasteiger partial charge in [-0.25, -0.2) is 4.98 Å². The summed E-state index contributed by atoms with van der Waals surface area (Å²) in [6, 6.07) is 2.66. The third-order valence-corrected chi connectivity index (χ3v) is 4.86. The van der Waals surface area contributed by atoms with E-state index in [0.717, 1.165) is 55.1 Å². The molecule has 6 heteroatoms. The molecule has 2 aromatic heterocycles. The van der Waals surface area contributed by atoms with Crippen molar-refractivity contribution in [2.45, 2.75) is 39.2 Å². The quantitative estimate of drug-likeness (QED) is 0.888. The van der Waals surface area contributed by atoms with E-state index >= 15 is 0 Å². The van der Waals surface area contributed by atoms with Crippen LogP contribution in [0.5, 0.6) is 0 Å². The van der Waals surface area contributed by atoms with Gasteiger partial charge >= 0.3 is 0 Å². The van der Waals surface area contributed by atoms with Crippen LogP contribution < -0.4 is 10.6 Å². The summed E-state index contributed by atoms with van der Waals surface area (Å²) in [5.41, 5.74) is 0. The Morgan fingerprint density at radius 1 is 1.29 bits per heavy atom. The zero-order valence-electron chi connectivity index (χ0n) is 12.6. The summed E-state index contributed by atoms with van der Waals surface area (Å²) >= 11 is 1.76. The molecule has 3 rings (SSSR count). The largest absolute Gasteiger partial charge is 0.381 e. The Balaban J connectivity index is 1.94. The van der Waals surface area contributed by atoms with Crippen LogP contribution in [0.2, 0.25) is 0 Å². The summed E-state index contributed by atoms with van der Waals surface area (Å²) in [4.78, 5) is 11.7. The van der Waals surface area contributed by atoms with Gasteiger partial charge in [0.25, 0.3) is 0 Å². The molecule has 0 saturated carbocycles. The standard InChI is InChI=1S/C15H22N4OS/c1-3-11-9-12-13(17-10-5-7-20-8-6-10)18-15(16-4-2)19-14(12)21-11/h9-10H,3-8H2,1-2H3,(H2,16,17,18,19). The molecule has 3 heterocycles. The number of nitrogens with zero attached hydrogens (tertiary/aromatic N) is 2. The lowest BCUT2D eigenvalue weighted by Crippen LogP contribution is -2.28. The predicted octanol–water partition coefficient (Wildman–Crippen LogP) is 3.28. The molecule has 5 nitrogen and oxygen atoms in total. The molecular weight excluding hydrogens is 284 g/mol. The molecule has 0 amide bonds. The van der Waals surface area contributed by atoms with Gasteiger partial charge in [-0.1, -0.05) is 6.92 Å². The molecule has 1 fully saturated rings. The van der Waals surface area contributed by atoms with Gasteiger partial charge in [0.2, 0.25) is 5.95 Å². The lowest BCUT2D eigenvalue weighted by atomic mass is 10.1. The summed E-state index contributed by atoms with van der Waals surface area (Å²) < 4.78 is 5.43. The summed E-state index contributed by atoms with van der Waals surface area (Å²) in [5.74, 6) is 1.67. The lowest BCUT2D eigenvalue weighted by molar-refractivity contribution is 0.0904. The number of hydrogen-bond donors (Lipinski definition) is 2. The van der Waals surface area contributed by atoms with Gasteiger partial charge in [-0.2, -0.15) is 4.98 Å². The van der Waals surface area contributed by atoms with Gasteiger partial charge in [-0.3, -0.25) is 0 Å². The number of hydrogen-bond acceptors (Lipinski definition) is 6. The van der Waals surface area contributed by atoms with E-state index in [0.29, 0.717) is 12.0 Å². The molecule has 0 radical (unpaired) electrons. The van der Waals surface area contributed by atoms with E-state index in [4.69, 9.17) is 4.74 Å². The summed E-state index contributed by atoms with van der Waals surface area (Å²) in [7, 11) is 0. The molecule has 21 heavy (non-hydrogen) atoms. The van der Waals surface area contributed by atoms with Crippen molar-refractivity contribution < 1.29 is 4.74 Å². The summed E-state index contributed by atoms with van der Waals surface area (Å²) in [6.45, 7) is 6.72. The van der Waals surface area contributed by atoms with Crippen molar-refractivity contribution in [1.82, 2.24) is 9.97 Å². The Morgan fingerprint density at radius 3 is 2.81 bits per heavy atom. The number of fused-ring (bicyclic) bond motifs is 1. The maximum atomic E-state index is 5.43. The summed E-state index contributed by atoms with van der Waals surface area (Å²) in [6.07, 6.45) is 3.11. The minimum absolute atomic E-state index is 0.441. The normalized spacial score (nSPS) is 16.3. The molecule has 0 aliphatic carbocycles. The maximum absolute atomic E-state index is 5.43. The Kier molecular flexibility index (Phi) is 4.55. The molecule has 0 atom stereocenters. The van der Waals surface area contributed by atoms with Crippen LogP contribution in [-0.4, -0.2) is 35.8 Å². The van der Waals surface area contributed by atoms with E-state index in [1.54, 1.807) is 11.3 Å². The number of aryl methyl sites for hydroxylation is 1. The highest BCUT2D eigenvalue weighted by molar-refractivity contribution is 7.18. The predicted molar refractivity (Wildman–Crippen MR) is 88.4 cm³/mol. The second kappa shape index (κ2) is 6.58. The number of aromatic nitrogens is 2. The zero-order valence-corrected chi connectivity index (χ0v) is 13.4. The molecule has 1 aliphatic rings. The topological polar surface area (TPSA) is 59.1 Å². The first-order chi connectivity index (χ1) is 10.3. The fourth-order valence-electron chi connectivity index (χ4n) is 2.53. The fraction of sp³-hybridized carbons (Fsp3) is 0.600. The zero-order chi connectivity index (χ0) is 14.7. The maximum Gasteiger partial charge on any atom is 0.226 e. The number of rotatable bonds is 5. The van der Waals surface area contributed by atoms with Crippen LogP contribution in [0.1, 0.15) is 31.6 Å². The monoisotopic (exact) mass is 306 g/mol. The van der Waals surface area contributed by atoms with Gasteiger partial charge < -0.3 is 15.4 Å². The fourth-order valence-corrected chi connectivity index (χ4v) is 3.50. The van der Waals surface area contributed by atoms with Gasteiger partial charge in [0.1, 0.15) is 10.6 Å². The van der Waals surface area contributed by atoms with Gasteiger partial charge in [0.15, 0.2) is 0 Å². The van der Waals surface area contributed by atoms with Crippen molar-refractivity contribution in [3.05, 3.63) is 10.9 Å². The first kappa shape index (κ1) is 14.5. The molecule has 2 aromatic rings. The van der Waals surface area contributed by atoms with Gasteiger partial charge in [0, 0.05) is 30.7 Å². The van der Waals surface area contributed by atoms with Crippen molar-refractivity contribution in [3.8, 4) is 0 Å². The molecule has 2 N–H and O–H groups in total. The minimum Gasteiger partial charge on any atom is -0.381 e. The van der Waals surface area contributed by atoms with Gasteiger partial charge in [-0.15, -0.1) is 11.3 Å². The lowest BCUT2D eigenvalue weighted by Gasteiger charge is -2.24. The van der Waals surface area contributed by atoms with Gasteiger partial charge in [-0.05, 0) is 32.3 Å². The highest BCUT2D eigenvalue weighted by atomic mass is 32.1. The van der Waals surface area contributed by atoms with Crippen LogP contribution in [0.3, 0.4) is 0 Å². The van der Waals surface area contributed by atoms with Crippen LogP contribution >= 0.6 is 11.3 Å². The Morgan fingerprint density at radius 2 is 2.10 bits per heavy atom. The SMILES string of the molecule is CCNc1nc(NC2CCOCC2)c2cc(CC)sc2n1. The van der Waals surface area contributed by atoms with Crippen LogP contribution in [0, 0.1) is 0 Å². The molecule has 0 unspecified atom stereocenters. The first-order valence-electron chi connectivity index (χ1n) is 7.68. The Hall–Kier alpha value is -1.40. The number of anilines is 2. The van der Waals surface area contributed by atoms with Crippen molar-refractivity contribution in [1.29, 1.82) is 0 Å². The average molecular weight is 306 g/mol. The van der Waals surface area contributed by atoms with E-state index in [1.165, 1.54) is 4.88 Å². The molecule has 0 spiro atoms. The van der Waals surface area contributed by atoms with Crippen molar-refractivity contribution in [2.75, 3.05) is 30.4 Å². The van der Waals surface area contributed by atoms with Crippen LogP contribution in [0.15, 0.2) is 6.07 Å². The second-order valence-corrected chi connectivity index (χ2v) is 6.36. The van der Waals surface area contributed by atoms with E-state index in [-0.39, 0.29) is 0 Å². The third-order valence-electron chi connectivity index (χ3n) is 3.69. The van der Waals surface area contributed by atoms with Crippen LogP contribution in [0.25, 0.3) is 10.2 Å². The number of ether oxygens (including phenoxy) is 1. The number of nitrogens with one attached hydrogen (secondary N) is 2. The van der Waals surface area contributed by atoms with E-state index < -0.39 is 0 Å². The van der Waals surface area contributed by atoms with Gasteiger partial charge in [0.05, 0.1) is 5.39 Å². The van der Waals surface area contributed by atoms with Crippen LogP contribution in [-0.2, 0) is 11.2 Å². The first-order valence-corrected chi connectivity index (χ1v) is 8.50. The highest BCUT2D eigenvalue weighted by Crippen LogP contribution is 2.31. The average Bonchev–Trinajstić information content (AvgIpc) is 2.92. The van der Waals surface area contributed by atoms with Crippen molar-refractivity contribution in [3.63, 3.8) is 0 Å². The van der Waals surface area contributed by atoms with Crippen molar-refractivity contribution >= 4 is 33.3 Å².